The molecule has 2 heterocycles. The molecule has 3 rings (SSSR count). The SMILES string of the molecule is Cc1nn(C)cc1C(=O)N1CCC[C@H](c2ccc(C(=O)O)cc2)C1. The van der Waals surface area contributed by atoms with Crippen molar-refractivity contribution in [2.24, 2.45) is 7.05 Å². The van der Waals surface area contributed by atoms with Gasteiger partial charge in [0.05, 0.1) is 16.8 Å². The average molecular weight is 327 g/mol. The number of nitrogens with zero attached hydrogens (tertiary/aromatic N) is 3. The number of aromatic nitrogens is 2. The molecule has 1 aliphatic heterocycles. The molecule has 126 valence electrons. The number of aromatic carboxylic acids is 1. The maximum Gasteiger partial charge on any atom is 0.335 e. The van der Waals surface area contributed by atoms with Gasteiger partial charge >= 0.3 is 5.97 Å². The van der Waals surface area contributed by atoms with Crippen molar-refractivity contribution in [3.8, 4) is 0 Å². The average Bonchev–Trinajstić information content (AvgIpc) is 2.92. The molecule has 0 aliphatic carbocycles. The Morgan fingerprint density at radius 3 is 2.54 bits per heavy atom. The smallest absolute Gasteiger partial charge is 0.335 e. The summed E-state index contributed by atoms with van der Waals surface area (Å²) < 4.78 is 1.66. The predicted octanol–water partition coefficient (Wildman–Crippen LogP) is 2.45. The van der Waals surface area contributed by atoms with E-state index in [-0.39, 0.29) is 17.4 Å². The molecule has 0 bridgehead atoms. The van der Waals surface area contributed by atoms with E-state index >= 15 is 0 Å². The summed E-state index contributed by atoms with van der Waals surface area (Å²) >= 11 is 0. The largest absolute Gasteiger partial charge is 0.478 e. The van der Waals surface area contributed by atoms with Crippen molar-refractivity contribution in [1.82, 2.24) is 14.7 Å². The maximum atomic E-state index is 12.7. The second kappa shape index (κ2) is 6.47. The molecule has 24 heavy (non-hydrogen) atoms. The van der Waals surface area contributed by atoms with E-state index in [0.29, 0.717) is 12.1 Å². The topological polar surface area (TPSA) is 75.4 Å². The van der Waals surface area contributed by atoms with Crippen LogP contribution < -0.4 is 0 Å². The third kappa shape index (κ3) is 3.18. The van der Waals surface area contributed by atoms with Crippen LogP contribution in [0, 0.1) is 6.92 Å². The molecule has 6 heteroatoms. The van der Waals surface area contributed by atoms with Crippen LogP contribution in [0.15, 0.2) is 30.5 Å². The number of amides is 1. The molecule has 1 N–H and O–H groups in total. The van der Waals surface area contributed by atoms with Crippen LogP contribution in [0.1, 0.15) is 50.7 Å². The number of carbonyl (C=O) groups is 2. The van der Waals surface area contributed by atoms with Crippen LogP contribution >= 0.6 is 0 Å². The van der Waals surface area contributed by atoms with E-state index in [2.05, 4.69) is 5.10 Å². The number of carboxylic acids is 1. The Hall–Kier alpha value is -2.63. The van der Waals surface area contributed by atoms with Gasteiger partial charge in [-0.3, -0.25) is 9.48 Å². The van der Waals surface area contributed by atoms with Gasteiger partial charge in [0, 0.05) is 32.3 Å². The summed E-state index contributed by atoms with van der Waals surface area (Å²) in [5.74, 6) is -0.663. The summed E-state index contributed by atoms with van der Waals surface area (Å²) in [7, 11) is 1.81. The molecule has 1 atom stereocenters. The zero-order valence-corrected chi connectivity index (χ0v) is 13.9. The van der Waals surface area contributed by atoms with Crippen LogP contribution in [-0.2, 0) is 7.05 Å². The van der Waals surface area contributed by atoms with Crippen molar-refractivity contribution in [3.63, 3.8) is 0 Å². The predicted molar refractivity (Wildman–Crippen MR) is 89.2 cm³/mol. The Bertz CT molecular complexity index is 764. The van der Waals surface area contributed by atoms with E-state index in [0.717, 1.165) is 30.6 Å². The monoisotopic (exact) mass is 327 g/mol. The lowest BCUT2D eigenvalue weighted by Crippen LogP contribution is -2.39. The van der Waals surface area contributed by atoms with Crippen molar-refractivity contribution < 1.29 is 14.7 Å². The first-order valence-electron chi connectivity index (χ1n) is 8.08. The van der Waals surface area contributed by atoms with Gasteiger partial charge in [-0.05, 0) is 37.5 Å². The van der Waals surface area contributed by atoms with E-state index in [1.807, 2.05) is 31.0 Å². The Kier molecular flexibility index (Phi) is 4.38. The Labute approximate surface area is 140 Å². The molecule has 1 fully saturated rings. The molecule has 1 amide bonds. The maximum absolute atomic E-state index is 12.7. The number of hydrogen-bond donors (Lipinski definition) is 1. The van der Waals surface area contributed by atoms with Crippen molar-refractivity contribution >= 4 is 11.9 Å². The number of aryl methyl sites for hydroxylation is 2. The number of carbonyl (C=O) groups excluding carboxylic acids is 1. The number of likely N-dealkylation sites (tertiary alicyclic amines) is 1. The first-order chi connectivity index (χ1) is 11.5. The molecule has 2 aromatic rings. The lowest BCUT2D eigenvalue weighted by atomic mass is 9.90. The molecular formula is C18H21N3O3. The van der Waals surface area contributed by atoms with E-state index in [4.69, 9.17) is 5.11 Å². The molecule has 0 unspecified atom stereocenters. The Morgan fingerprint density at radius 2 is 1.96 bits per heavy atom. The normalized spacial score (nSPS) is 17.8. The van der Waals surface area contributed by atoms with Gasteiger partial charge in [-0.2, -0.15) is 5.10 Å². The molecule has 1 aromatic heterocycles. The molecule has 1 saturated heterocycles. The molecule has 0 spiro atoms. The van der Waals surface area contributed by atoms with E-state index in [1.165, 1.54) is 0 Å². The van der Waals surface area contributed by atoms with Crippen molar-refractivity contribution in [3.05, 3.63) is 52.8 Å². The summed E-state index contributed by atoms with van der Waals surface area (Å²) in [5.41, 5.74) is 2.77. The van der Waals surface area contributed by atoms with Gasteiger partial charge < -0.3 is 10.0 Å². The van der Waals surface area contributed by atoms with Gasteiger partial charge in [-0.1, -0.05) is 12.1 Å². The molecular weight excluding hydrogens is 306 g/mol. The van der Waals surface area contributed by atoms with Crippen LogP contribution in [0.4, 0.5) is 0 Å². The van der Waals surface area contributed by atoms with Crippen molar-refractivity contribution in [2.75, 3.05) is 13.1 Å². The van der Waals surface area contributed by atoms with Crippen LogP contribution in [0.5, 0.6) is 0 Å². The number of benzene rings is 1. The highest BCUT2D eigenvalue weighted by molar-refractivity contribution is 5.95. The van der Waals surface area contributed by atoms with Gasteiger partial charge in [0.1, 0.15) is 0 Å². The van der Waals surface area contributed by atoms with E-state index in [1.54, 1.807) is 23.0 Å². The molecule has 1 aliphatic rings. The fourth-order valence-electron chi connectivity index (χ4n) is 3.31. The van der Waals surface area contributed by atoms with E-state index in [9.17, 15) is 9.59 Å². The number of rotatable bonds is 3. The molecule has 0 saturated carbocycles. The van der Waals surface area contributed by atoms with Gasteiger partial charge in [0.15, 0.2) is 0 Å². The summed E-state index contributed by atoms with van der Waals surface area (Å²) in [6, 6.07) is 6.97. The van der Waals surface area contributed by atoms with Crippen molar-refractivity contribution in [1.29, 1.82) is 0 Å². The van der Waals surface area contributed by atoms with Gasteiger partial charge in [-0.25, -0.2) is 4.79 Å². The fourth-order valence-corrected chi connectivity index (χ4v) is 3.31. The highest BCUT2D eigenvalue weighted by Gasteiger charge is 2.27. The van der Waals surface area contributed by atoms with Crippen LogP contribution in [-0.4, -0.2) is 44.8 Å². The molecule has 0 radical (unpaired) electrons. The zero-order chi connectivity index (χ0) is 17.3. The second-order valence-electron chi connectivity index (χ2n) is 6.32. The fraction of sp³-hybridized carbons (Fsp3) is 0.389. The van der Waals surface area contributed by atoms with Crippen molar-refractivity contribution in [2.45, 2.75) is 25.7 Å². The summed E-state index contributed by atoms with van der Waals surface area (Å²) in [4.78, 5) is 25.6. The number of piperidine rings is 1. The lowest BCUT2D eigenvalue weighted by Gasteiger charge is -2.33. The third-order valence-corrected chi connectivity index (χ3v) is 4.58. The van der Waals surface area contributed by atoms with Crippen LogP contribution in [0.3, 0.4) is 0 Å². The van der Waals surface area contributed by atoms with Gasteiger partial charge in [0.2, 0.25) is 0 Å². The summed E-state index contributed by atoms with van der Waals surface area (Å²) in [5, 5.41) is 13.2. The Balaban J connectivity index is 1.75. The highest BCUT2D eigenvalue weighted by Crippen LogP contribution is 2.28. The minimum absolute atomic E-state index is 0.0208. The zero-order valence-electron chi connectivity index (χ0n) is 13.9. The molecule has 6 nitrogen and oxygen atoms in total. The minimum atomic E-state index is -0.922. The Morgan fingerprint density at radius 1 is 1.25 bits per heavy atom. The quantitative estimate of drug-likeness (QED) is 0.939. The van der Waals surface area contributed by atoms with Gasteiger partial charge in [-0.15, -0.1) is 0 Å². The van der Waals surface area contributed by atoms with Crippen LogP contribution in [0.2, 0.25) is 0 Å². The second-order valence-corrected chi connectivity index (χ2v) is 6.32. The number of carboxylic acid groups (broad SMARTS) is 1. The third-order valence-electron chi connectivity index (χ3n) is 4.58. The highest BCUT2D eigenvalue weighted by atomic mass is 16.4. The number of hydrogen-bond acceptors (Lipinski definition) is 3. The van der Waals surface area contributed by atoms with Gasteiger partial charge in [0.25, 0.3) is 5.91 Å². The molecule has 1 aromatic carbocycles. The minimum Gasteiger partial charge on any atom is -0.478 e. The van der Waals surface area contributed by atoms with Crippen LogP contribution in [0.25, 0.3) is 0 Å². The lowest BCUT2D eigenvalue weighted by molar-refractivity contribution is 0.0693. The first-order valence-corrected chi connectivity index (χ1v) is 8.08. The first kappa shape index (κ1) is 16.2. The standard InChI is InChI=1S/C18H21N3O3/c1-12-16(11-20(2)19-12)17(22)21-9-3-4-15(10-21)13-5-7-14(8-6-13)18(23)24/h5-8,11,15H,3-4,9-10H2,1-2H3,(H,23,24)/t15-/m0/s1. The summed E-state index contributed by atoms with van der Waals surface area (Å²) in [6.07, 6.45) is 3.71. The van der Waals surface area contributed by atoms with E-state index < -0.39 is 5.97 Å². The summed E-state index contributed by atoms with van der Waals surface area (Å²) in [6.45, 7) is 3.25.